The SMILES string of the molecule is C[C@H](O)[C@@H]1CCCCN1Cc1cccc([N+](=O)[O-])c1. The van der Waals surface area contributed by atoms with Crippen LogP contribution in [-0.4, -0.2) is 33.6 Å². The molecule has 1 N–H and O–H groups in total. The second-order valence-electron chi connectivity index (χ2n) is 5.20. The van der Waals surface area contributed by atoms with Crippen LogP contribution in [0.4, 0.5) is 5.69 Å². The minimum atomic E-state index is -0.369. The highest BCUT2D eigenvalue weighted by Gasteiger charge is 2.26. The molecule has 5 nitrogen and oxygen atoms in total. The van der Waals surface area contributed by atoms with Crippen LogP contribution in [0.15, 0.2) is 24.3 Å². The van der Waals surface area contributed by atoms with Crippen molar-refractivity contribution in [3.05, 3.63) is 39.9 Å². The number of aliphatic hydroxyl groups excluding tert-OH is 1. The van der Waals surface area contributed by atoms with Gasteiger partial charge in [-0.1, -0.05) is 18.6 Å². The minimum absolute atomic E-state index is 0.128. The Morgan fingerprint density at radius 1 is 1.53 bits per heavy atom. The van der Waals surface area contributed by atoms with Crippen molar-refractivity contribution in [3.63, 3.8) is 0 Å². The Morgan fingerprint density at radius 3 is 3.00 bits per heavy atom. The van der Waals surface area contributed by atoms with Crippen molar-refractivity contribution < 1.29 is 10.0 Å². The lowest BCUT2D eigenvalue weighted by molar-refractivity contribution is -0.384. The lowest BCUT2D eigenvalue weighted by atomic mass is 9.97. The molecule has 1 aliphatic rings. The van der Waals surface area contributed by atoms with E-state index in [0.717, 1.165) is 31.4 Å². The fourth-order valence-electron chi connectivity index (χ4n) is 2.76. The summed E-state index contributed by atoms with van der Waals surface area (Å²) in [5.41, 5.74) is 1.06. The van der Waals surface area contributed by atoms with E-state index in [1.165, 1.54) is 6.07 Å². The Balaban J connectivity index is 2.10. The van der Waals surface area contributed by atoms with Crippen molar-refractivity contribution in [2.45, 2.75) is 44.9 Å². The van der Waals surface area contributed by atoms with Crippen molar-refractivity contribution in [1.82, 2.24) is 4.90 Å². The Kier molecular flexibility index (Phi) is 4.50. The Bertz CT molecular complexity index is 448. The molecule has 1 fully saturated rings. The Hall–Kier alpha value is -1.46. The van der Waals surface area contributed by atoms with Crippen molar-refractivity contribution >= 4 is 5.69 Å². The predicted octanol–water partition coefficient (Wildman–Crippen LogP) is 2.33. The third-order valence-electron chi connectivity index (χ3n) is 3.73. The summed E-state index contributed by atoms with van der Waals surface area (Å²) < 4.78 is 0. The molecule has 0 spiro atoms. The topological polar surface area (TPSA) is 66.6 Å². The molecule has 5 heteroatoms. The molecule has 0 amide bonds. The number of rotatable bonds is 4. The van der Waals surface area contributed by atoms with E-state index in [9.17, 15) is 15.2 Å². The van der Waals surface area contributed by atoms with E-state index in [2.05, 4.69) is 4.90 Å². The van der Waals surface area contributed by atoms with Gasteiger partial charge < -0.3 is 5.11 Å². The molecule has 2 rings (SSSR count). The van der Waals surface area contributed by atoms with Gasteiger partial charge in [0.05, 0.1) is 11.0 Å². The number of benzene rings is 1. The summed E-state index contributed by atoms with van der Waals surface area (Å²) in [7, 11) is 0. The number of likely N-dealkylation sites (tertiary alicyclic amines) is 1. The lowest BCUT2D eigenvalue weighted by Crippen LogP contribution is -2.45. The highest BCUT2D eigenvalue weighted by Crippen LogP contribution is 2.23. The monoisotopic (exact) mass is 264 g/mol. The molecule has 0 saturated carbocycles. The Labute approximate surface area is 113 Å². The van der Waals surface area contributed by atoms with Crippen LogP contribution in [0.2, 0.25) is 0 Å². The second-order valence-corrected chi connectivity index (χ2v) is 5.20. The first kappa shape index (κ1) is 14.0. The van der Waals surface area contributed by atoms with Crippen LogP contribution in [0.5, 0.6) is 0 Å². The third kappa shape index (κ3) is 3.52. The van der Waals surface area contributed by atoms with Gasteiger partial charge in [-0.2, -0.15) is 0 Å². The van der Waals surface area contributed by atoms with Crippen LogP contribution in [0.3, 0.4) is 0 Å². The normalized spacial score (nSPS) is 22.1. The average Bonchev–Trinajstić information content (AvgIpc) is 2.39. The number of aliphatic hydroxyl groups is 1. The summed E-state index contributed by atoms with van der Waals surface area (Å²) in [5.74, 6) is 0. The summed E-state index contributed by atoms with van der Waals surface area (Å²) in [6.07, 6.45) is 2.89. The maximum atomic E-state index is 10.8. The van der Waals surface area contributed by atoms with E-state index in [4.69, 9.17) is 0 Å². The van der Waals surface area contributed by atoms with Gasteiger partial charge in [-0.25, -0.2) is 0 Å². The maximum Gasteiger partial charge on any atom is 0.269 e. The fraction of sp³-hybridized carbons (Fsp3) is 0.571. The molecule has 1 aromatic carbocycles. The van der Waals surface area contributed by atoms with Crippen LogP contribution in [0.1, 0.15) is 31.7 Å². The van der Waals surface area contributed by atoms with Crippen LogP contribution in [-0.2, 0) is 6.54 Å². The first-order valence-corrected chi connectivity index (χ1v) is 6.73. The molecular weight excluding hydrogens is 244 g/mol. The molecule has 19 heavy (non-hydrogen) atoms. The van der Waals surface area contributed by atoms with Crippen LogP contribution in [0, 0.1) is 10.1 Å². The molecule has 1 heterocycles. The van der Waals surface area contributed by atoms with Gasteiger partial charge in [0, 0.05) is 24.7 Å². The van der Waals surface area contributed by atoms with Gasteiger partial charge in [-0.15, -0.1) is 0 Å². The second kappa shape index (κ2) is 6.12. The summed E-state index contributed by atoms with van der Waals surface area (Å²) in [6.45, 7) is 3.42. The summed E-state index contributed by atoms with van der Waals surface area (Å²) in [4.78, 5) is 12.6. The zero-order chi connectivity index (χ0) is 13.8. The van der Waals surface area contributed by atoms with E-state index in [1.54, 1.807) is 12.1 Å². The molecule has 104 valence electrons. The standard InChI is InChI=1S/C14H20N2O3/c1-11(17)14-7-2-3-8-15(14)10-12-5-4-6-13(9-12)16(18)19/h4-6,9,11,14,17H,2-3,7-8,10H2,1H3/t11-,14-/m0/s1. The number of non-ortho nitro benzene ring substituents is 1. The van der Waals surface area contributed by atoms with E-state index < -0.39 is 0 Å². The number of hydrogen-bond donors (Lipinski definition) is 1. The summed E-state index contributed by atoms with van der Waals surface area (Å²) in [5, 5.41) is 20.6. The van der Waals surface area contributed by atoms with Gasteiger partial charge in [0.25, 0.3) is 5.69 Å². The molecule has 0 unspecified atom stereocenters. The van der Waals surface area contributed by atoms with Crippen LogP contribution < -0.4 is 0 Å². The number of hydrogen-bond acceptors (Lipinski definition) is 4. The quantitative estimate of drug-likeness (QED) is 0.669. The molecular formula is C14H20N2O3. The van der Waals surface area contributed by atoms with E-state index in [0.29, 0.717) is 6.54 Å². The number of nitrogens with zero attached hydrogens (tertiary/aromatic N) is 2. The minimum Gasteiger partial charge on any atom is -0.392 e. The first-order chi connectivity index (χ1) is 9.08. The fourth-order valence-corrected chi connectivity index (χ4v) is 2.76. The van der Waals surface area contributed by atoms with Gasteiger partial charge in [-0.3, -0.25) is 15.0 Å². The predicted molar refractivity (Wildman–Crippen MR) is 72.8 cm³/mol. The highest BCUT2D eigenvalue weighted by molar-refractivity contribution is 5.34. The summed E-state index contributed by atoms with van der Waals surface area (Å²) in [6, 6.07) is 6.91. The molecule has 0 bridgehead atoms. The van der Waals surface area contributed by atoms with Gasteiger partial charge in [0.15, 0.2) is 0 Å². The van der Waals surface area contributed by atoms with Crippen molar-refractivity contribution in [1.29, 1.82) is 0 Å². The molecule has 0 radical (unpaired) electrons. The third-order valence-corrected chi connectivity index (χ3v) is 3.73. The molecule has 0 aliphatic carbocycles. The van der Waals surface area contributed by atoms with Gasteiger partial charge in [0.1, 0.15) is 0 Å². The number of piperidine rings is 1. The first-order valence-electron chi connectivity index (χ1n) is 6.73. The largest absolute Gasteiger partial charge is 0.392 e. The molecule has 1 aromatic rings. The zero-order valence-electron chi connectivity index (χ0n) is 11.2. The highest BCUT2D eigenvalue weighted by atomic mass is 16.6. The van der Waals surface area contributed by atoms with E-state index in [1.807, 2.05) is 13.0 Å². The van der Waals surface area contributed by atoms with Gasteiger partial charge >= 0.3 is 0 Å². The molecule has 1 saturated heterocycles. The summed E-state index contributed by atoms with van der Waals surface area (Å²) >= 11 is 0. The smallest absolute Gasteiger partial charge is 0.269 e. The van der Waals surface area contributed by atoms with Crippen molar-refractivity contribution in [2.24, 2.45) is 0 Å². The lowest BCUT2D eigenvalue weighted by Gasteiger charge is -2.37. The van der Waals surface area contributed by atoms with Crippen LogP contribution >= 0.6 is 0 Å². The average molecular weight is 264 g/mol. The van der Waals surface area contributed by atoms with Gasteiger partial charge in [0.2, 0.25) is 0 Å². The molecule has 0 aromatic heterocycles. The Morgan fingerprint density at radius 2 is 2.32 bits per heavy atom. The van der Waals surface area contributed by atoms with Crippen LogP contribution in [0.25, 0.3) is 0 Å². The number of nitro benzene ring substituents is 1. The number of nitro groups is 1. The molecule has 1 aliphatic heterocycles. The van der Waals surface area contributed by atoms with Crippen molar-refractivity contribution in [3.8, 4) is 0 Å². The van der Waals surface area contributed by atoms with Crippen molar-refractivity contribution in [2.75, 3.05) is 6.54 Å². The van der Waals surface area contributed by atoms with Gasteiger partial charge in [-0.05, 0) is 31.9 Å². The zero-order valence-corrected chi connectivity index (χ0v) is 11.2. The van der Waals surface area contributed by atoms with E-state index >= 15 is 0 Å². The van der Waals surface area contributed by atoms with E-state index in [-0.39, 0.29) is 22.8 Å². The maximum absolute atomic E-state index is 10.8. The molecule has 2 atom stereocenters.